The van der Waals surface area contributed by atoms with E-state index in [0.717, 1.165) is 6.54 Å². The van der Waals surface area contributed by atoms with Crippen LogP contribution >= 0.6 is 0 Å². The van der Waals surface area contributed by atoms with Crippen LogP contribution in [0.15, 0.2) is 0 Å². The van der Waals surface area contributed by atoms with Gasteiger partial charge in [0, 0.05) is 0 Å². The van der Waals surface area contributed by atoms with E-state index in [2.05, 4.69) is 20.8 Å². The molecule has 0 amide bonds. The van der Waals surface area contributed by atoms with E-state index in [4.69, 9.17) is 5.73 Å². The standard InChI is InChI=1S/C10H23N/c1-4-7-10(6-3,9-11)8-5-2/h4-9,11H2,1-3H3. The van der Waals surface area contributed by atoms with Gasteiger partial charge in [0.2, 0.25) is 0 Å². The molecule has 0 radical (unpaired) electrons. The molecule has 0 saturated carbocycles. The minimum absolute atomic E-state index is 0.462. The molecule has 0 aliphatic heterocycles. The third-order valence-corrected chi connectivity index (χ3v) is 2.74. The van der Waals surface area contributed by atoms with Gasteiger partial charge < -0.3 is 5.73 Å². The summed E-state index contributed by atoms with van der Waals surface area (Å²) >= 11 is 0. The van der Waals surface area contributed by atoms with Gasteiger partial charge >= 0.3 is 0 Å². The summed E-state index contributed by atoms with van der Waals surface area (Å²) in [7, 11) is 0. The minimum atomic E-state index is 0.462. The summed E-state index contributed by atoms with van der Waals surface area (Å²) in [6.45, 7) is 7.62. The van der Waals surface area contributed by atoms with Crippen LogP contribution in [0.1, 0.15) is 52.9 Å². The largest absolute Gasteiger partial charge is 0.330 e. The van der Waals surface area contributed by atoms with E-state index >= 15 is 0 Å². The summed E-state index contributed by atoms with van der Waals surface area (Å²) in [6.07, 6.45) is 6.38. The molecule has 0 rings (SSSR count). The van der Waals surface area contributed by atoms with E-state index in [1.54, 1.807) is 0 Å². The second kappa shape index (κ2) is 5.59. The van der Waals surface area contributed by atoms with Gasteiger partial charge in [0.1, 0.15) is 0 Å². The van der Waals surface area contributed by atoms with Crippen LogP contribution in [0.3, 0.4) is 0 Å². The summed E-state index contributed by atoms with van der Waals surface area (Å²) in [4.78, 5) is 0. The monoisotopic (exact) mass is 157 g/mol. The van der Waals surface area contributed by atoms with Crippen molar-refractivity contribution in [2.45, 2.75) is 52.9 Å². The van der Waals surface area contributed by atoms with Gasteiger partial charge in [-0.2, -0.15) is 0 Å². The second-order valence-corrected chi connectivity index (χ2v) is 3.56. The Morgan fingerprint density at radius 1 is 1.00 bits per heavy atom. The SMILES string of the molecule is CCCC(CC)(CN)CCC. The molecule has 0 aromatic heterocycles. The number of nitrogens with two attached hydrogens (primary N) is 1. The predicted octanol–water partition coefficient (Wildman–Crippen LogP) is 2.94. The summed E-state index contributed by atoms with van der Waals surface area (Å²) in [5.41, 5.74) is 6.25. The topological polar surface area (TPSA) is 26.0 Å². The Balaban J connectivity index is 3.96. The Labute approximate surface area is 71.4 Å². The molecule has 0 spiro atoms. The molecule has 68 valence electrons. The van der Waals surface area contributed by atoms with Gasteiger partial charge in [-0.15, -0.1) is 0 Å². The van der Waals surface area contributed by atoms with E-state index < -0.39 is 0 Å². The lowest BCUT2D eigenvalue weighted by Gasteiger charge is -2.30. The zero-order chi connectivity index (χ0) is 8.74. The summed E-state index contributed by atoms with van der Waals surface area (Å²) in [6, 6.07) is 0. The van der Waals surface area contributed by atoms with Crippen LogP contribution < -0.4 is 5.73 Å². The van der Waals surface area contributed by atoms with Gasteiger partial charge in [-0.3, -0.25) is 0 Å². The second-order valence-electron chi connectivity index (χ2n) is 3.56. The molecule has 0 heterocycles. The molecule has 1 heteroatoms. The van der Waals surface area contributed by atoms with Crippen LogP contribution in [0.4, 0.5) is 0 Å². The minimum Gasteiger partial charge on any atom is -0.330 e. The molecule has 0 aromatic carbocycles. The smallest absolute Gasteiger partial charge is 0.00206 e. The third kappa shape index (κ3) is 3.24. The van der Waals surface area contributed by atoms with Crippen LogP contribution in [0, 0.1) is 5.41 Å². The van der Waals surface area contributed by atoms with E-state index in [9.17, 15) is 0 Å². The van der Waals surface area contributed by atoms with Gasteiger partial charge in [-0.1, -0.05) is 33.6 Å². The first-order valence-corrected chi connectivity index (χ1v) is 4.94. The predicted molar refractivity (Wildman–Crippen MR) is 51.6 cm³/mol. The highest BCUT2D eigenvalue weighted by Crippen LogP contribution is 2.31. The fourth-order valence-electron chi connectivity index (χ4n) is 1.89. The van der Waals surface area contributed by atoms with Gasteiger partial charge in [0.05, 0.1) is 0 Å². The Bertz CT molecular complexity index is 76.9. The van der Waals surface area contributed by atoms with Crippen molar-refractivity contribution in [3.63, 3.8) is 0 Å². The van der Waals surface area contributed by atoms with E-state index in [-0.39, 0.29) is 0 Å². The summed E-state index contributed by atoms with van der Waals surface area (Å²) in [5.74, 6) is 0. The van der Waals surface area contributed by atoms with Crippen molar-refractivity contribution in [3.05, 3.63) is 0 Å². The van der Waals surface area contributed by atoms with Crippen molar-refractivity contribution in [1.82, 2.24) is 0 Å². The highest BCUT2D eigenvalue weighted by Gasteiger charge is 2.23. The van der Waals surface area contributed by atoms with E-state index in [1.807, 2.05) is 0 Å². The van der Waals surface area contributed by atoms with Crippen LogP contribution in [0.25, 0.3) is 0 Å². The normalized spacial score (nSPS) is 12.0. The fourth-order valence-corrected chi connectivity index (χ4v) is 1.89. The lowest BCUT2D eigenvalue weighted by molar-refractivity contribution is 0.234. The number of hydrogen-bond acceptors (Lipinski definition) is 1. The van der Waals surface area contributed by atoms with Crippen molar-refractivity contribution >= 4 is 0 Å². The molecule has 0 bridgehead atoms. The molecule has 0 aliphatic rings. The molecule has 0 aromatic rings. The quantitative estimate of drug-likeness (QED) is 0.630. The molecule has 0 aliphatic carbocycles. The highest BCUT2D eigenvalue weighted by molar-refractivity contribution is 4.77. The average Bonchev–Trinajstić information content (AvgIpc) is 2.04. The van der Waals surface area contributed by atoms with E-state index in [1.165, 1.54) is 32.1 Å². The van der Waals surface area contributed by atoms with Crippen LogP contribution in [0.2, 0.25) is 0 Å². The molecular weight excluding hydrogens is 134 g/mol. The van der Waals surface area contributed by atoms with E-state index in [0.29, 0.717) is 5.41 Å². The first-order valence-electron chi connectivity index (χ1n) is 4.94. The zero-order valence-electron chi connectivity index (χ0n) is 8.32. The van der Waals surface area contributed by atoms with Crippen molar-refractivity contribution in [1.29, 1.82) is 0 Å². The molecule has 0 fully saturated rings. The maximum absolute atomic E-state index is 5.79. The Morgan fingerprint density at radius 3 is 1.64 bits per heavy atom. The molecular formula is C10H23N. The van der Waals surface area contributed by atoms with Gasteiger partial charge in [0.25, 0.3) is 0 Å². The lowest BCUT2D eigenvalue weighted by Crippen LogP contribution is -2.29. The van der Waals surface area contributed by atoms with Crippen molar-refractivity contribution < 1.29 is 0 Å². The van der Waals surface area contributed by atoms with Gasteiger partial charge in [-0.25, -0.2) is 0 Å². The molecule has 0 atom stereocenters. The number of rotatable bonds is 6. The first kappa shape index (κ1) is 11.0. The van der Waals surface area contributed by atoms with Crippen LogP contribution in [0.5, 0.6) is 0 Å². The average molecular weight is 157 g/mol. The molecule has 1 nitrogen and oxygen atoms in total. The first-order chi connectivity index (χ1) is 5.24. The fraction of sp³-hybridized carbons (Fsp3) is 1.00. The Morgan fingerprint density at radius 2 is 1.45 bits per heavy atom. The number of hydrogen-bond donors (Lipinski definition) is 1. The highest BCUT2D eigenvalue weighted by atomic mass is 14.6. The maximum atomic E-state index is 5.79. The van der Waals surface area contributed by atoms with Crippen LogP contribution in [-0.2, 0) is 0 Å². The van der Waals surface area contributed by atoms with Gasteiger partial charge in [-0.05, 0) is 31.2 Å². The molecule has 2 N–H and O–H groups in total. The third-order valence-electron chi connectivity index (χ3n) is 2.74. The summed E-state index contributed by atoms with van der Waals surface area (Å²) < 4.78 is 0. The molecule has 11 heavy (non-hydrogen) atoms. The van der Waals surface area contributed by atoms with Crippen molar-refractivity contribution in [2.24, 2.45) is 11.1 Å². The summed E-state index contributed by atoms with van der Waals surface area (Å²) in [5, 5.41) is 0. The van der Waals surface area contributed by atoms with Crippen molar-refractivity contribution in [2.75, 3.05) is 6.54 Å². The van der Waals surface area contributed by atoms with Crippen LogP contribution in [-0.4, -0.2) is 6.54 Å². The molecule has 0 unspecified atom stereocenters. The van der Waals surface area contributed by atoms with Crippen molar-refractivity contribution in [3.8, 4) is 0 Å². The Hall–Kier alpha value is -0.0400. The lowest BCUT2D eigenvalue weighted by atomic mass is 9.77. The zero-order valence-corrected chi connectivity index (χ0v) is 8.32. The molecule has 0 saturated heterocycles. The van der Waals surface area contributed by atoms with Gasteiger partial charge in [0.15, 0.2) is 0 Å². The Kier molecular flexibility index (Phi) is 5.57. The maximum Gasteiger partial charge on any atom is -0.00206 e.